The number of carbonyl (C=O) groups excluding carboxylic acids is 1. The zero-order valence-corrected chi connectivity index (χ0v) is 7.59. The molecule has 4 heteroatoms. The SMILES string of the molecule is CCOC(=O)[C@@](C)(CC)OC#N. The van der Waals surface area contributed by atoms with Gasteiger partial charge in [0.05, 0.1) is 6.61 Å². The number of nitriles is 1. The van der Waals surface area contributed by atoms with Crippen LogP contribution in [0.2, 0.25) is 0 Å². The Hall–Kier alpha value is -1.24. The van der Waals surface area contributed by atoms with E-state index in [2.05, 4.69) is 4.74 Å². The summed E-state index contributed by atoms with van der Waals surface area (Å²) in [6.45, 7) is 5.30. The topological polar surface area (TPSA) is 59.3 Å². The van der Waals surface area contributed by atoms with Crippen molar-refractivity contribution in [2.24, 2.45) is 0 Å². The Morgan fingerprint density at radius 2 is 2.17 bits per heavy atom. The summed E-state index contributed by atoms with van der Waals surface area (Å²) in [5.41, 5.74) is -1.12. The van der Waals surface area contributed by atoms with Crippen LogP contribution in [0.1, 0.15) is 27.2 Å². The maximum atomic E-state index is 11.2. The molecule has 0 fully saturated rings. The minimum atomic E-state index is -1.12. The van der Waals surface area contributed by atoms with E-state index >= 15 is 0 Å². The van der Waals surface area contributed by atoms with Crippen LogP contribution in [0, 0.1) is 11.5 Å². The zero-order valence-electron chi connectivity index (χ0n) is 7.59. The highest BCUT2D eigenvalue weighted by atomic mass is 16.6. The lowest BCUT2D eigenvalue weighted by Crippen LogP contribution is -2.38. The van der Waals surface area contributed by atoms with Crippen molar-refractivity contribution in [3.8, 4) is 6.26 Å². The van der Waals surface area contributed by atoms with E-state index in [0.717, 1.165) is 0 Å². The van der Waals surface area contributed by atoms with Gasteiger partial charge in [0.25, 0.3) is 6.26 Å². The summed E-state index contributed by atoms with van der Waals surface area (Å²) >= 11 is 0. The molecule has 12 heavy (non-hydrogen) atoms. The van der Waals surface area contributed by atoms with E-state index in [-0.39, 0.29) is 0 Å². The molecule has 0 aromatic rings. The quantitative estimate of drug-likeness (QED) is 0.471. The van der Waals surface area contributed by atoms with Crippen LogP contribution in [-0.4, -0.2) is 18.2 Å². The third-order valence-corrected chi connectivity index (χ3v) is 1.65. The van der Waals surface area contributed by atoms with Crippen molar-refractivity contribution >= 4 is 5.97 Å². The first kappa shape index (κ1) is 10.8. The lowest BCUT2D eigenvalue weighted by Gasteiger charge is -2.21. The number of esters is 1. The summed E-state index contributed by atoms with van der Waals surface area (Å²) < 4.78 is 9.36. The zero-order chi connectivity index (χ0) is 9.61. The molecule has 0 unspecified atom stereocenters. The lowest BCUT2D eigenvalue weighted by molar-refractivity contribution is -0.163. The second-order valence-electron chi connectivity index (χ2n) is 2.50. The molecule has 0 heterocycles. The van der Waals surface area contributed by atoms with Crippen molar-refractivity contribution < 1.29 is 14.3 Å². The van der Waals surface area contributed by atoms with Crippen LogP contribution in [0.4, 0.5) is 0 Å². The van der Waals surface area contributed by atoms with Gasteiger partial charge in [0.15, 0.2) is 0 Å². The van der Waals surface area contributed by atoms with Gasteiger partial charge in [-0.1, -0.05) is 6.92 Å². The Morgan fingerprint density at radius 3 is 2.50 bits per heavy atom. The van der Waals surface area contributed by atoms with Crippen LogP contribution in [0.5, 0.6) is 0 Å². The van der Waals surface area contributed by atoms with Crippen LogP contribution in [0.25, 0.3) is 0 Å². The van der Waals surface area contributed by atoms with Gasteiger partial charge in [-0.2, -0.15) is 5.26 Å². The average molecular weight is 171 g/mol. The van der Waals surface area contributed by atoms with Gasteiger partial charge in [-0.25, -0.2) is 4.79 Å². The maximum absolute atomic E-state index is 11.2. The van der Waals surface area contributed by atoms with E-state index in [4.69, 9.17) is 10.00 Å². The number of carbonyl (C=O) groups is 1. The summed E-state index contributed by atoms with van der Waals surface area (Å²) in [5, 5.41) is 8.27. The molecular weight excluding hydrogens is 158 g/mol. The molecule has 0 spiro atoms. The van der Waals surface area contributed by atoms with Crippen molar-refractivity contribution in [1.29, 1.82) is 5.26 Å². The van der Waals surface area contributed by atoms with Crippen LogP contribution < -0.4 is 0 Å². The highest BCUT2D eigenvalue weighted by Gasteiger charge is 2.35. The Kier molecular flexibility index (Phi) is 4.12. The molecule has 0 aromatic heterocycles. The van der Waals surface area contributed by atoms with Crippen molar-refractivity contribution in [3.63, 3.8) is 0 Å². The largest absolute Gasteiger partial charge is 0.463 e. The molecule has 0 aliphatic rings. The fourth-order valence-electron chi connectivity index (χ4n) is 0.643. The average Bonchev–Trinajstić information content (AvgIpc) is 2.05. The summed E-state index contributed by atoms with van der Waals surface area (Å²) in [5.74, 6) is -0.492. The normalized spacial score (nSPS) is 14.2. The molecular formula is C8H13NO3. The van der Waals surface area contributed by atoms with Crippen LogP contribution >= 0.6 is 0 Å². The number of hydrogen-bond acceptors (Lipinski definition) is 4. The van der Waals surface area contributed by atoms with Crippen LogP contribution in [0.15, 0.2) is 0 Å². The molecule has 0 N–H and O–H groups in total. The molecule has 0 aliphatic heterocycles. The molecule has 0 radical (unpaired) electrons. The third-order valence-electron chi connectivity index (χ3n) is 1.65. The van der Waals surface area contributed by atoms with Crippen molar-refractivity contribution in [2.45, 2.75) is 32.8 Å². The minimum absolute atomic E-state index is 0.295. The molecule has 0 aliphatic carbocycles. The Bertz CT molecular complexity index is 197. The number of ether oxygens (including phenoxy) is 2. The van der Waals surface area contributed by atoms with Gasteiger partial charge in [0.1, 0.15) is 0 Å². The van der Waals surface area contributed by atoms with Gasteiger partial charge in [0.2, 0.25) is 5.60 Å². The molecule has 4 nitrogen and oxygen atoms in total. The summed E-state index contributed by atoms with van der Waals surface area (Å²) in [4.78, 5) is 11.2. The smallest absolute Gasteiger partial charge is 0.351 e. The van der Waals surface area contributed by atoms with Crippen molar-refractivity contribution in [2.75, 3.05) is 6.61 Å². The van der Waals surface area contributed by atoms with E-state index in [1.54, 1.807) is 13.8 Å². The molecule has 0 saturated heterocycles. The Labute approximate surface area is 72.1 Å². The summed E-state index contributed by atoms with van der Waals surface area (Å²) in [6.07, 6.45) is 1.91. The Balaban J connectivity index is 4.31. The summed E-state index contributed by atoms with van der Waals surface area (Å²) in [6, 6.07) is 0. The van der Waals surface area contributed by atoms with Gasteiger partial charge < -0.3 is 9.47 Å². The molecule has 0 bridgehead atoms. The van der Waals surface area contributed by atoms with E-state index < -0.39 is 11.6 Å². The predicted molar refractivity (Wildman–Crippen MR) is 42.0 cm³/mol. The van der Waals surface area contributed by atoms with Gasteiger partial charge >= 0.3 is 5.97 Å². The van der Waals surface area contributed by atoms with Crippen molar-refractivity contribution in [3.05, 3.63) is 0 Å². The van der Waals surface area contributed by atoms with E-state index in [1.807, 2.05) is 0 Å². The van der Waals surface area contributed by atoms with Crippen LogP contribution in [-0.2, 0) is 14.3 Å². The van der Waals surface area contributed by atoms with Gasteiger partial charge in [-0.3, -0.25) is 0 Å². The first-order valence-electron chi connectivity index (χ1n) is 3.85. The van der Waals surface area contributed by atoms with Gasteiger partial charge in [0, 0.05) is 0 Å². The molecule has 68 valence electrons. The van der Waals surface area contributed by atoms with E-state index in [1.165, 1.54) is 13.2 Å². The molecule has 0 aromatic carbocycles. The third kappa shape index (κ3) is 2.42. The molecule has 0 amide bonds. The maximum Gasteiger partial charge on any atom is 0.351 e. The first-order chi connectivity index (χ1) is 5.60. The van der Waals surface area contributed by atoms with Gasteiger partial charge in [-0.05, 0) is 20.3 Å². The highest BCUT2D eigenvalue weighted by molar-refractivity contribution is 5.79. The first-order valence-corrected chi connectivity index (χ1v) is 3.85. The fourth-order valence-corrected chi connectivity index (χ4v) is 0.643. The predicted octanol–water partition coefficient (Wildman–Crippen LogP) is 1.22. The van der Waals surface area contributed by atoms with E-state index in [9.17, 15) is 4.79 Å². The summed E-state index contributed by atoms with van der Waals surface area (Å²) in [7, 11) is 0. The Morgan fingerprint density at radius 1 is 1.58 bits per heavy atom. The molecule has 0 saturated carbocycles. The monoisotopic (exact) mass is 171 g/mol. The number of hydrogen-bond donors (Lipinski definition) is 0. The minimum Gasteiger partial charge on any atom is -0.463 e. The second kappa shape index (κ2) is 4.60. The van der Waals surface area contributed by atoms with Crippen LogP contribution in [0.3, 0.4) is 0 Å². The number of nitrogens with zero attached hydrogens (tertiary/aromatic N) is 1. The second-order valence-corrected chi connectivity index (χ2v) is 2.50. The number of rotatable bonds is 4. The lowest BCUT2D eigenvalue weighted by atomic mass is 10.0. The standard InChI is InChI=1S/C8H13NO3/c1-4-8(3,12-6-9)7(10)11-5-2/h4-5H2,1-3H3/t8-/m1/s1. The molecule has 1 atom stereocenters. The van der Waals surface area contributed by atoms with Gasteiger partial charge in [-0.15, -0.1) is 0 Å². The highest BCUT2D eigenvalue weighted by Crippen LogP contribution is 2.16. The van der Waals surface area contributed by atoms with E-state index in [0.29, 0.717) is 13.0 Å². The molecule has 0 rings (SSSR count). The van der Waals surface area contributed by atoms with Crippen molar-refractivity contribution in [1.82, 2.24) is 0 Å². The fraction of sp³-hybridized carbons (Fsp3) is 0.750.